The van der Waals surface area contributed by atoms with Gasteiger partial charge in [-0.3, -0.25) is 18.7 Å². The maximum Gasteiger partial charge on any atom is 0.295 e. The van der Waals surface area contributed by atoms with Gasteiger partial charge in [-0.25, -0.2) is 35.6 Å². The molecule has 438 valence electrons. The number of rotatable bonds is 24. The monoisotopic (exact) mass is 1170 g/mol. The van der Waals surface area contributed by atoms with Gasteiger partial charge in [0.1, 0.15) is 31.4 Å². The molecule has 2 aromatic carbocycles. The first kappa shape index (κ1) is 63.6. The van der Waals surface area contributed by atoms with E-state index in [1.807, 2.05) is 34.1 Å². The van der Waals surface area contributed by atoms with E-state index in [-0.39, 0.29) is 42.0 Å². The molecule has 0 bridgehead atoms. The molecule has 0 unspecified atom stereocenters. The van der Waals surface area contributed by atoms with E-state index in [0.717, 1.165) is 55.4 Å². The van der Waals surface area contributed by atoms with Gasteiger partial charge in [-0.2, -0.15) is 8.61 Å². The SMILES string of the molecule is C[Si](C)(C)CCOCn1cc(CCC=O)nc(N2CCN(S(C)(=O)=O)CC2)c1=O.C[Si](C)(C)CCOCn1cc(CCCN[C@@H]2C[C@H]2c2ccc(F)cc2)nc(N2CCN(S(C)(=O)=O)CC2)c1=O.N[C@@H]1C[C@H]1c1ccc(F)cc1. The number of carbonyl (C=O) groups excluding carboxylic acids is 1. The lowest BCUT2D eigenvalue weighted by atomic mass is 10.1. The lowest BCUT2D eigenvalue weighted by Crippen LogP contribution is -2.50. The standard InChI is InChI=1S/C27H42FN5O4SSi.C18H32N4O5SSi.C9H10FN/c1-38(35,36)33-14-12-31(13-15-33)26-27(34)32(20-37-16-17-39(2,3)4)19-23(30-26)6-5-11-29-25-18-24(25)21-7-9-22(28)10-8-21;1-28(25,26)22-9-7-20(8-10-22)17-18(24)21(14-16(19-17)6-5-11-23)15-27-12-13-29(2,3)4;10-7-3-1-6(2-4-7)8-5-9(8)11/h7-10,19,24-25,29H,5-6,11-18,20H2,1-4H3;11,14H,5-10,12-13,15H2,1-4H3;1-4,8-9H,5,11H2/t24-,25+;;8-,9+/m0.0/s1. The highest BCUT2D eigenvalue weighted by molar-refractivity contribution is 7.88. The second-order valence-corrected chi connectivity index (χ2v) is 38.7. The maximum atomic E-state index is 13.3. The number of benzene rings is 2. The van der Waals surface area contributed by atoms with E-state index >= 15 is 0 Å². The number of aromatic nitrogens is 4. The minimum Gasteiger partial charge on any atom is -0.361 e. The lowest BCUT2D eigenvalue weighted by molar-refractivity contribution is -0.107. The van der Waals surface area contributed by atoms with Crippen molar-refractivity contribution in [2.24, 2.45) is 5.73 Å². The predicted molar refractivity (Wildman–Crippen MR) is 312 cm³/mol. The van der Waals surface area contributed by atoms with Crippen LogP contribution in [-0.2, 0) is 60.6 Å². The van der Waals surface area contributed by atoms with E-state index in [2.05, 4.69) is 49.6 Å². The van der Waals surface area contributed by atoms with Crippen LogP contribution < -0.4 is 32.0 Å². The van der Waals surface area contributed by atoms with Gasteiger partial charge in [0.2, 0.25) is 20.0 Å². The normalized spacial score (nSPS) is 20.0. The molecular formula is C54H84F2N10O9S2Si2. The second-order valence-electron chi connectivity index (χ2n) is 23.5. The Bertz CT molecular complexity index is 2970. The number of anilines is 2. The van der Waals surface area contributed by atoms with E-state index in [9.17, 15) is 40.0 Å². The van der Waals surface area contributed by atoms with E-state index < -0.39 is 36.2 Å². The van der Waals surface area contributed by atoms with Crippen LogP contribution >= 0.6 is 0 Å². The van der Waals surface area contributed by atoms with Crippen LogP contribution in [0, 0.1) is 11.6 Å². The molecule has 2 aromatic heterocycles. The van der Waals surface area contributed by atoms with Crippen LogP contribution in [0.3, 0.4) is 0 Å². The molecule has 79 heavy (non-hydrogen) atoms. The van der Waals surface area contributed by atoms with E-state index in [1.54, 1.807) is 17.0 Å². The van der Waals surface area contributed by atoms with Gasteiger partial charge in [-0.15, -0.1) is 0 Å². The first-order valence-corrected chi connectivity index (χ1v) is 38.5. The van der Waals surface area contributed by atoms with Crippen molar-refractivity contribution in [2.75, 3.05) is 94.4 Å². The van der Waals surface area contributed by atoms with Crippen molar-refractivity contribution in [3.05, 3.63) is 116 Å². The number of nitrogens with one attached hydrogen (secondary N) is 1. The molecule has 8 rings (SSSR count). The number of carbonyl (C=O) groups is 1. The first-order valence-electron chi connectivity index (χ1n) is 27.4. The van der Waals surface area contributed by atoms with Gasteiger partial charge in [0.05, 0.1) is 23.9 Å². The van der Waals surface area contributed by atoms with Crippen molar-refractivity contribution in [3.8, 4) is 0 Å². The Balaban J connectivity index is 0.000000219. The van der Waals surface area contributed by atoms with Crippen molar-refractivity contribution in [1.82, 2.24) is 33.0 Å². The molecule has 0 amide bonds. The quantitative estimate of drug-likeness (QED) is 0.0519. The van der Waals surface area contributed by atoms with Gasteiger partial charge in [0, 0.05) is 124 Å². The summed E-state index contributed by atoms with van der Waals surface area (Å²) in [5.74, 6) is 1.17. The highest BCUT2D eigenvalue weighted by Gasteiger charge is 2.38. The molecule has 2 aliphatic carbocycles. The van der Waals surface area contributed by atoms with Crippen LogP contribution in [0.5, 0.6) is 0 Å². The lowest BCUT2D eigenvalue weighted by Gasteiger charge is -2.33. The first-order chi connectivity index (χ1) is 37.2. The molecule has 2 saturated heterocycles. The predicted octanol–water partition coefficient (Wildman–Crippen LogP) is 5.26. The number of aldehydes is 1. The topological polar surface area (TPSA) is 225 Å². The van der Waals surface area contributed by atoms with Crippen LogP contribution in [0.15, 0.2) is 70.5 Å². The largest absolute Gasteiger partial charge is 0.361 e. The average Bonchev–Trinajstić information content (AvgIpc) is 4.35. The minimum atomic E-state index is -3.26. The van der Waals surface area contributed by atoms with Crippen LogP contribution in [0.25, 0.3) is 0 Å². The molecule has 4 heterocycles. The van der Waals surface area contributed by atoms with E-state index in [1.165, 1.54) is 55.5 Å². The van der Waals surface area contributed by atoms with E-state index in [0.29, 0.717) is 120 Å². The summed E-state index contributed by atoms with van der Waals surface area (Å²) in [5, 5.41) is 3.59. The number of halogens is 2. The molecule has 2 saturated carbocycles. The number of nitrogens with two attached hydrogens (primary N) is 1. The third-order valence-corrected chi connectivity index (χ3v) is 20.3. The third-order valence-electron chi connectivity index (χ3n) is 14.2. The summed E-state index contributed by atoms with van der Waals surface area (Å²) in [4.78, 5) is 49.9. The average molecular weight is 1180 g/mol. The van der Waals surface area contributed by atoms with Gasteiger partial charge in [0.15, 0.2) is 11.6 Å². The van der Waals surface area contributed by atoms with Gasteiger partial charge >= 0.3 is 0 Å². The molecule has 3 N–H and O–H groups in total. The Morgan fingerprint density at radius 1 is 0.646 bits per heavy atom. The summed E-state index contributed by atoms with van der Waals surface area (Å²) in [6.07, 6.45) is 11.1. The summed E-state index contributed by atoms with van der Waals surface area (Å²) in [5.41, 5.74) is 8.96. The number of ether oxygens (including phenoxy) is 2. The molecule has 25 heteroatoms. The van der Waals surface area contributed by atoms with Gasteiger partial charge in [-0.05, 0) is 86.1 Å². The second kappa shape index (κ2) is 28.4. The number of nitrogens with zero attached hydrogens (tertiary/aromatic N) is 8. The van der Waals surface area contributed by atoms with Crippen LogP contribution in [-0.4, -0.2) is 164 Å². The Hall–Kier alpha value is -4.58. The Kier molecular flexibility index (Phi) is 22.9. The zero-order valence-corrected chi connectivity index (χ0v) is 51.0. The Morgan fingerprint density at radius 2 is 1.05 bits per heavy atom. The minimum absolute atomic E-state index is 0.135. The van der Waals surface area contributed by atoms with Gasteiger partial charge in [0.25, 0.3) is 11.1 Å². The van der Waals surface area contributed by atoms with Gasteiger partial charge in [-0.1, -0.05) is 63.5 Å². The zero-order chi connectivity index (χ0) is 57.7. The number of hydrogen-bond donors (Lipinski definition) is 2. The fraction of sp³-hybridized carbons (Fsp3) is 0.611. The molecule has 4 atom stereocenters. The molecule has 4 fully saturated rings. The summed E-state index contributed by atoms with van der Waals surface area (Å²) in [6, 6.07) is 16.1. The zero-order valence-electron chi connectivity index (χ0n) is 47.4. The summed E-state index contributed by atoms with van der Waals surface area (Å²) >= 11 is 0. The molecule has 19 nitrogen and oxygen atoms in total. The molecular weight excluding hydrogens is 1090 g/mol. The number of sulfonamides is 2. The van der Waals surface area contributed by atoms with Crippen LogP contribution in [0.2, 0.25) is 51.4 Å². The Labute approximate surface area is 468 Å². The highest BCUT2D eigenvalue weighted by atomic mass is 32.2. The van der Waals surface area contributed by atoms with Crippen molar-refractivity contribution < 1.29 is 39.9 Å². The summed E-state index contributed by atoms with van der Waals surface area (Å²) < 4.78 is 90.5. The molecule has 4 aliphatic rings. The number of hydrogen-bond acceptors (Lipinski definition) is 15. The van der Waals surface area contributed by atoms with Crippen LogP contribution in [0.4, 0.5) is 20.4 Å². The Morgan fingerprint density at radius 3 is 1.43 bits per heavy atom. The number of aryl methyl sites for hydroxylation is 2. The third kappa shape index (κ3) is 20.7. The maximum absolute atomic E-state index is 13.3. The fourth-order valence-electron chi connectivity index (χ4n) is 9.12. The molecule has 0 radical (unpaired) electrons. The van der Waals surface area contributed by atoms with Crippen molar-refractivity contribution >= 4 is 54.1 Å². The van der Waals surface area contributed by atoms with E-state index in [4.69, 9.17) is 20.2 Å². The van der Waals surface area contributed by atoms with Crippen molar-refractivity contribution in [1.29, 1.82) is 0 Å². The van der Waals surface area contributed by atoms with Crippen molar-refractivity contribution in [2.45, 2.75) is 127 Å². The van der Waals surface area contributed by atoms with Crippen LogP contribution in [0.1, 0.15) is 60.0 Å². The molecule has 2 aliphatic heterocycles. The van der Waals surface area contributed by atoms with Crippen molar-refractivity contribution in [3.63, 3.8) is 0 Å². The highest BCUT2D eigenvalue weighted by Crippen LogP contribution is 2.41. The summed E-state index contributed by atoms with van der Waals surface area (Å²) in [6.45, 7) is 18.9. The fourth-order valence-corrected chi connectivity index (χ4v) is 12.3. The summed E-state index contributed by atoms with van der Waals surface area (Å²) in [7, 11) is -8.98. The van der Waals surface area contributed by atoms with Gasteiger partial charge < -0.3 is 35.1 Å². The smallest absolute Gasteiger partial charge is 0.295 e. The molecule has 0 spiro atoms. The molecule has 4 aromatic rings. The number of piperazine rings is 2.